The second kappa shape index (κ2) is 3.90. The van der Waals surface area contributed by atoms with Crippen LogP contribution in [0.2, 0.25) is 0 Å². The zero-order valence-electron chi connectivity index (χ0n) is 9.82. The first-order chi connectivity index (χ1) is 7.50. The summed E-state index contributed by atoms with van der Waals surface area (Å²) >= 11 is 0. The highest BCUT2D eigenvalue weighted by Crippen LogP contribution is 2.24. The van der Waals surface area contributed by atoms with Gasteiger partial charge in [0.05, 0.1) is 12.6 Å². The highest BCUT2D eigenvalue weighted by Gasteiger charge is 2.32. The molecule has 2 N–H and O–H groups in total. The number of carbonyl (C=O) groups is 1. The van der Waals surface area contributed by atoms with Crippen molar-refractivity contribution in [1.82, 2.24) is 10.2 Å². The minimum atomic E-state index is -0.803. The van der Waals surface area contributed by atoms with Crippen molar-refractivity contribution < 1.29 is 9.90 Å². The molecule has 5 nitrogen and oxygen atoms in total. The van der Waals surface area contributed by atoms with E-state index in [1.807, 2.05) is 11.8 Å². The summed E-state index contributed by atoms with van der Waals surface area (Å²) < 4.78 is 0. The Labute approximate surface area is 94.8 Å². The highest BCUT2D eigenvalue weighted by atomic mass is 16.4. The molecule has 2 aliphatic heterocycles. The van der Waals surface area contributed by atoms with Crippen molar-refractivity contribution in [2.45, 2.75) is 32.9 Å². The van der Waals surface area contributed by atoms with Gasteiger partial charge in [0.25, 0.3) is 0 Å². The van der Waals surface area contributed by atoms with Crippen LogP contribution in [-0.2, 0) is 4.79 Å². The van der Waals surface area contributed by atoms with E-state index in [4.69, 9.17) is 5.11 Å². The number of fused-ring (bicyclic) bond motifs is 1. The predicted molar refractivity (Wildman–Crippen MR) is 61.4 cm³/mol. The second-order valence-electron chi connectivity index (χ2n) is 4.36. The van der Waals surface area contributed by atoms with Gasteiger partial charge in [-0.1, -0.05) is 0 Å². The summed E-state index contributed by atoms with van der Waals surface area (Å²) in [6.45, 7) is 7.13. The van der Waals surface area contributed by atoms with Crippen LogP contribution >= 0.6 is 0 Å². The van der Waals surface area contributed by atoms with Crippen LogP contribution in [-0.4, -0.2) is 47.0 Å². The van der Waals surface area contributed by atoms with Gasteiger partial charge in [-0.05, 0) is 26.3 Å². The van der Waals surface area contributed by atoms with E-state index in [1.165, 1.54) is 11.3 Å². The molecular weight excluding hydrogens is 206 g/mol. The largest absolute Gasteiger partial charge is 0.480 e. The van der Waals surface area contributed by atoms with Gasteiger partial charge in [0, 0.05) is 12.2 Å². The number of carboxylic acid groups (broad SMARTS) is 1. The van der Waals surface area contributed by atoms with Gasteiger partial charge in [0.1, 0.15) is 11.9 Å². The van der Waals surface area contributed by atoms with E-state index in [1.54, 1.807) is 0 Å². The number of amidine groups is 1. The molecule has 2 heterocycles. The minimum Gasteiger partial charge on any atom is -0.480 e. The van der Waals surface area contributed by atoms with Crippen molar-refractivity contribution in [3.63, 3.8) is 0 Å². The molecule has 0 aromatic rings. The van der Waals surface area contributed by atoms with Crippen molar-refractivity contribution in [3.8, 4) is 0 Å². The van der Waals surface area contributed by atoms with E-state index in [9.17, 15) is 4.79 Å². The monoisotopic (exact) mass is 223 g/mol. The van der Waals surface area contributed by atoms with Gasteiger partial charge < -0.3 is 10.0 Å². The maximum absolute atomic E-state index is 10.9. The smallest absolute Gasteiger partial charge is 0.322 e. The van der Waals surface area contributed by atoms with Crippen LogP contribution in [0.5, 0.6) is 0 Å². The Hall–Kier alpha value is -1.36. The van der Waals surface area contributed by atoms with Crippen LogP contribution in [0.3, 0.4) is 0 Å². The molecule has 0 saturated carbocycles. The molecule has 0 aromatic heterocycles. The van der Waals surface area contributed by atoms with Gasteiger partial charge in [-0.3, -0.25) is 15.1 Å². The van der Waals surface area contributed by atoms with Crippen molar-refractivity contribution in [3.05, 3.63) is 11.3 Å². The normalized spacial score (nSPS) is 29.9. The lowest BCUT2D eigenvalue weighted by Crippen LogP contribution is -2.55. The molecule has 1 fully saturated rings. The Morgan fingerprint density at radius 2 is 2.25 bits per heavy atom. The minimum absolute atomic E-state index is 0.203. The fourth-order valence-corrected chi connectivity index (χ4v) is 2.21. The topological polar surface area (TPSA) is 64.9 Å². The first kappa shape index (κ1) is 11.1. The molecule has 0 spiro atoms. The van der Waals surface area contributed by atoms with E-state index in [2.05, 4.69) is 24.2 Å². The van der Waals surface area contributed by atoms with E-state index >= 15 is 0 Å². The molecule has 1 saturated heterocycles. The van der Waals surface area contributed by atoms with Gasteiger partial charge in [-0.25, -0.2) is 0 Å². The number of nitrogens with one attached hydrogen (secondary N) is 1. The van der Waals surface area contributed by atoms with Gasteiger partial charge in [-0.15, -0.1) is 0 Å². The Kier molecular flexibility index (Phi) is 2.71. The van der Waals surface area contributed by atoms with Crippen LogP contribution < -0.4 is 5.32 Å². The Morgan fingerprint density at radius 3 is 2.88 bits per heavy atom. The third-order valence-electron chi connectivity index (χ3n) is 3.36. The maximum atomic E-state index is 10.9. The summed E-state index contributed by atoms with van der Waals surface area (Å²) in [6.07, 6.45) is 0. The Balaban J connectivity index is 2.26. The van der Waals surface area contributed by atoms with Crippen molar-refractivity contribution in [1.29, 1.82) is 0 Å². The molecule has 2 rings (SSSR count). The predicted octanol–water partition coefficient (Wildman–Crippen LogP) is 0.439. The number of aliphatic carboxylic acids is 1. The molecule has 0 radical (unpaired) electrons. The highest BCUT2D eigenvalue weighted by molar-refractivity contribution is 5.85. The molecule has 88 valence electrons. The number of hydrogen-bond donors (Lipinski definition) is 2. The quantitative estimate of drug-likeness (QED) is 0.677. The summed E-state index contributed by atoms with van der Waals surface area (Å²) in [5.41, 5.74) is 2.40. The number of carboxylic acids is 1. The molecule has 16 heavy (non-hydrogen) atoms. The molecule has 1 unspecified atom stereocenters. The van der Waals surface area contributed by atoms with Crippen molar-refractivity contribution in [2.24, 2.45) is 4.99 Å². The summed E-state index contributed by atoms with van der Waals surface area (Å²) in [6, 6.07) is -0.301. The third-order valence-corrected chi connectivity index (χ3v) is 3.36. The molecule has 5 heteroatoms. The Bertz CT molecular complexity index is 387. The van der Waals surface area contributed by atoms with Crippen LogP contribution in [0, 0.1) is 0 Å². The van der Waals surface area contributed by atoms with Gasteiger partial charge in [0.2, 0.25) is 0 Å². The number of aliphatic imine (C=N–C) groups is 1. The standard InChI is InChI=1S/C11H17N3O2/c1-6-7(2)13-8(3)14-5-9(11(15)16)12-4-10(6)14/h7,9,12H,4-5H2,1-3H3,(H,15,16)/t7-,9?/m0/s1. The van der Waals surface area contributed by atoms with Crippen molar-refractivity contribution in [2.75, 3.05) is 13.1 Å². The molecule has 0 bridgehead atoms. The third kappa shape index (κ3) is 1.71. The van der Waals surface area contributed by atoms with Crippen LogP contribution in [0.4, 0.5) is 0 Å². The number of piperazine rings is 1. The summed E-state index contributed by atoms with van der Waals surface area (Å²) in [4.78, 5) is 17.5. The lowest BCUT2D eigenvalue weighted by molar-refractivity contribution is -0.140. The second-order valence-corrected chi connectivity index (χ2v) is 4.36. The van der Waals surface area contributed by atoms with E-state index in [0.29, 0.717) is 13.1 Å². The average molecular weight is 223 g/mol. The van der Waals surface area contributed by atoms with Crippen molar-refractivity contribution >= 4 is 11.8 Å². The fourth-order valence-electron chi connectivity index (χ4n) is 2.21. The maximum Gasteiger partial charge on any atom is 0.322 e. The van der Waals surface area contributed by atoms with Crippen LogP contribution in [0.1, 0.15) is 20.8 Å². The summed E-state index contributed by atoms with van der Waals surface area (Å²) in [5.74, 6) is 0.115. The average Bonchev–Trinajstić information content (AvgIpc) is 2.25. The molecular formula is C11H17N3O2. The molecule has 2 atom stereocenters. The van der Waals surface area contributed by atoms with E-state index < -0.39 is 12.0 Å². The Morgan fingerprint density at radius 1 is 1.56 bits per heavy atom. The first-order valence-electron chi connectivity index (χ1n) is 5.48. The number of hydrogen-bond acceptors (Lipinski definition) is 4. The fraction of sp³-hybridized carbons (Fsp3) is 0.636. The van der Waals surface area contributed by atoms with Gasteiger partial charge >= 0.3 is 5.97 Å². The molecule has 0 aliphatic carbocycles. The van der Waals surface area contributed by atoms with Gasteiger partial charge in [-0.2, -0.15) is 0 Å². The SMILES string of the molecule is CC1=N[C@@H](C)C(C)=C2CNC(C(=O)O)CN12. The van der Waals surface area contributed by atoms with E-state index in [0.717, 1.165) is 5.84 Å². The molecule has 0 aromatic carbocycles. The lowest BCUT2D eigenvalue weighted by Gasteiger charge is -2.40. The first-order valence-corrected chi connectivity index (χ1v) is 5.48. The van der Waals surface area contributed by atoms with E-state index in [-0.39, 0.29) is 6.04 Å². The number of rotatable bonds is 1. The van der Waals surface area contributed by atoms with Crippen LogP contribution in [0.25, 0.3) is 0 Å². The molecule has 2 aliphatic rings. The number of nitrogens with zero attached hydrogens (tertiary/aromatic N) is 2. The van der Waals surface area contributed by atoms with Gasteiger partial charge in [0.15, 0.2) is 0 Å². The zero-order chi connectivity index (χ0) is 11.9. The summed E-state index contributed by atoms with van der Waals surface area (Å²) in [5, 5.41) is 12.0. The zero-order valence-corrected chi connectivity index (χ0v) is 9.82. The summed E-state index contributed by atoms with van der Waals surface area (Å²) in [7, 11) is 0. The lowest BCUT2D eigenvalue weighted by atomic mass is 10.0. The molecule has 0 amide bonds. The van der Waals surface area contributed by atoms with Crippen LogP contribution in [0.15, 0.2) is 16.3 Å².